The van der Waals surface area contributed by atoms with E-state index in [2.05, 4.69) is 12.1 Å². The highest BCUT2D eigenvalue weighted by atomic mass is 32.2. The topological polar surface area (TPSA) is 48.0 Å². The average Bonchev–Trinajstić information content (AvgIpc) is 3.28. The molecule has 3 aliphatic heterocycles. The SMILES string of the molecule is O=C(COc1ccc(C2SCCCS2)cc1)N1CCCCC1C1OCCO1. The van der Waals surface area contributed by atoms with Crippen molar-refractivity contribution in [3.63, 3.8) is 0 Å². The molecule has 0 saturated carbocycles. The first-order valence-electron chi connectivity index (χ1n) is 9.80. The van der Waals surface area contributed by atoms with Crippen molar-refractivity contribution < 1.29 is 19.0 Å². The summed E-state index contributed by atoms with van der Waals surface area (Å²) >= 11 is 4.02. The molecule has 0 bridgehead atoms. The molecule has 0 N–H and O–H groups in total. The number of hydrogen-bond acceptors (Lipinski definition) is 6. The van der Waals surface area contributed by atoms with Gasteiger partial charge in [-0.25, -0.2) is 0 Å². The van der Waals surface area contributed by atoms with Gasteiger partial charge < -0.3 is 19.1 Å². The van der Waals surface area contributed by atoms with Crippen molar-refractivity contribution in [2.24, 2.45) is 0 Å². The molecule has 3 fully saturated rings. The molecule has 1 aromatic rings. The zero-order valence-corrected chi connectivity index (χ0v) is 17.1. The molecule has 1 unspecified atom stereocenters. The van der Waals surface area contributed by atoms with E-state index in [0.29, 0.717) is 17.8 Å². The number of rotatable bonds is 5. The largest absolute Gasteiger partial charge is 0.484 e. The number of carbonyl (C=O) groups excluding carboxylic acids is 1. The molecule has 4 rings (SSSR count). The minimum absolute atomic E-state index is 0.0140. The molecule has 1 amide bonds. The van der Waals surface area contributed by atoms with Gasteiger partial charge in [-0.2, -0.15) is 0 Å². The molecule has 1 aromatic carbocycles. The van der Waals surface area contributed by atoms with E-state index in [4.69, 9.17) is 14.2 Å². The Balaban J connectivity index is 1.31. The number of ether oxygens (including phenoxy) is 3. The number of amides is 1. The highest BCUT2D eigenvalue weighted by molar-refractivity contribution is 8.16. The molecule has 148 valence electrons. The molecule has 5 nitrogen and oxygen atoms in total. The average molecular weight is 410 g/mol. The van der Waals surface area contributed by atoms with Gasteiger partial charge in [0.2, 0.25) is 0 Å². The van der Waals surface area contributed by atoms with Crippen LogP contribution in [0.25, 0.3) is 0 Å². The Morgan fingerprint density at radius 3 is 2.56 bits per heavy atom. The summed E-state index contributed by atoms with van der Waals surface area (Å²) in [6.45, 7) is 2.05. The van der Waals surface area contributed by atoms with Gasteiger partial charge in [0.05, 0.1) is 23.8 Å². The van der Waals surface area contributed by atoms with Crippen LogP contribution in [-0.4, -0.2) is 61.0 Å². The van der Waals surface area contributed by atoms with Crippen LogP contribution in [0.4, 0.5) is 0 Å². The molecule has 27 heavy (non-hydrogen) atoms. The maximum absolute atomic E-state index is 12.7. The van der Waals surface area contributed by atoms with Crippen LogP contribution < -0.4 is 4.74 Å². The van der Waals surface area contributed by atoms with Crippen LogP contribution in [0.5, 0.6) is 5.75 Å². The molecule has 7 heteroatoms. The van der Waals surface area contributed by atoms with Crippen LogP contribution in [0.1, 0.15) is 35.8 Å². The Labute approximate surface area is 169 Å². The Bertz CT molecular complexity index is 615. The lowest BCUT2D eigenvalue weighted by Gasteiger charge is -2.37. The monoisotopic (exact) mass is 409 g/mol. The Hall–Kier alpha value is -0.890. The van der Waals surface area contributed by atoms with Gasteiger partial charge in [0.25, 0.3) is 5.91 Å². The Kier molecular flexibility index (Phi) is 6.87. The molecule has 0 aromatic heterocycles. The predicted octanol–water partition coefficient (Wildman–Crippen LogP) is 3.69. The second-order valence-electron chi connectivity index (χ2n) is 7.05. The van der Waals surface area contributed by atoms with E-state index in [9.17, 15) is 4.79 Å². The first-order valence-corrected chi connectivity index (χ1v) is 11.9. The first kappa shape index (κ1) is 19.4. The highest BCUT2D eigenvalue weighted by Gasteiger charge is 2.36. The van der Waals surface area contributed by atoms with Gasteiger partial charge >= 0.3 is 0 Å². The van der Waals surface area contributed by atoms with Crippen molar-refractivity contribution in [2.45, 2.75) is 42.6 Å². The summed E-state index contributed by atoms with van der Waals surface area (Å²) in [4.78, 5) is 14.6. The van der Waals surface area contributed by atoms with E-state index in [-0.39, 0.29) is 24.8 Å². The fraction of sp³-hybridized carbons (Fsp3) is 0.650. The lowest BCUT2D eigenvalue weighted by Crippen LogP contribution is -2.51. The van der Waals surface area contributed by atoms with E-state index < -0.39 is 0 Å². The summed E-state index contributed by atoms with van der Waals surface area (Å²) in [6.07, 6.45) is 4.09. The number of likely N-dealkylation sites (tertiary alicyclic amines) is 1. The Morgan fingerprint density at radius 1 is 1.07 bits per heavy atom. The van der Waals surface area contributed by atoms with Crippen molar-refractivity contribution in [1.82, 2.24) is 4.90 Å². The number of benzene rings is 1. The zero-order valence-electron chi connectivity index (χ0n) is 15.5. The maximum Gasteiger partial charge on any atom is 0.260 e. The van der Waals surface area contributed by atoms with Gasteiger partial charge in [-0.1, -0.05) is 12.1 Å². The first-order chi connectivity index (χ1) is 13.3. The predicted molar refractivity (Wildman–Crippen MR) is 109 cm³/mol. The fourth-order valence-electron chi connectivity index (χ4n) is 3.78. The molecule has 0 radical (unpaired) electrons. The van der Waals surface area contributed by atoms with Gasteiger partial charge in [-0.05, 0) is 54.9 Å². The smallest absolute Gasteiger partial charge is 0.260 e. The number of piperidine rings is 1. The van der Waals surface area contributed by atoms with Crippen molar-refractivity contribution in [3.8, 4) is 5.75 Å². The van der Waals surface area contributed by atoms with E-state index in [1.54, 1.807) is 0 Å². The van der Waals surface area contributed by atoms with Crippen LogP contribution in [-0.2, 0) is 14.3 Å². The lowest BCUT2D eigenvalue weighted by molar-refractivity contribution is -0.152. The van der Waals surface area contributed by atoms with Gasteiger partial charge in [-0.3, -0.25) is 4.79 Å². The fourth-order valence-corrected chi connectivity index (χ4v) is 6.67. The van der Waals surface area contributed by atoms with Gasteiger partial charge in [0.1, 0.15) is 5.75 Å². The molecular formula is C20H27NO4S2. The third-order valence-electron chi connectivity index (χ3n) is 5.17. The third-order valence-corrected chi connectivity index (χ3v) is 8.19. The molecule has 3 aliphatic rings. The van der Waals surface area contributed by atoms with Gasteiger partial charge in [0.15, 0.2) is 12.9 Å². The standard InChI is InChI=1S/C20H27NO4S2/c22-18(21-9-2-1-4-17(21)19-23-10-11-24-19)14-25-16-7-5-15(6-8-16)20-26-12-3-13-27-20/h5-8,17,19-20H,1-4,9-14H2. The van der Waals surface area contributed by atoms with Crippen molar-refractivity contribution in [1.29, 1.82) is 0 Å². The van der Waals surface area contributed by atoms with E-state index in [1.807, 2.05) is 40.6 Å². The normalized spacial score (nSPS) is 24.9. The van der Waals surface area contributed by atoms with Crippen LogP contribution in [0.3, 0.4) is 0 Å². The number of thioether (sulfide) groups is 2. The van der Waals surface area contributed by atoms with E-state index >= 15 is 0 Å². The van der Waals surface area contributed by atoms with Crippen LogP contribution in [0, 0.1) is 0 Å². The minimum atomic E-state index is -0.279. The molecule has 0 aliphatic carbocycles. The molecule has 1 atom stereocenters. The molecular weight excluding hydrogens is 382 g/mol. The zero-order chi connectivity index (χ0) is 18.5. The van der Waals surface area contributed by atoms with Gasteiger partial charge in [0, 0.05) is 6.54 Å². The number of nitrogens with zero attached hydrogens (tertiary/aromatic N) is 1. The summed E-state index contributed by atoms with van der Waals surface area (Å²) in [5.74, 6) is 3.23. The summed E-state index contributed by atoms with van der Waals surface area (Å²) in [7, 11) is 0. The molecule has 3 saturated heterocycles. The summed E-state index contributed by atoms with van der Waals surface area (Å²) in [5.41, 5.74) is 1.33. The van der Waals surface area contributed by atoms with Crippen LogP contribution >= 0.6 is 23.5 Å². The number of carbonyl (C=O) groups is 1. The lowest BCUT2D eigenvalue weighted by atomic mass is 10.0. The van der Waals surface area contributed by atoms with Crippen LogP contribution in [0.15, 0.2) is 24.3 Å². The summed E-state index contributed by atoms with van der Waals surface area (Å²) in [5, 5.41) is 0. The third kappa shape index (κ3) is 4.94. The molecule has 0 spiro atoms. The van der Waals surface area contributed by atoms with Crippen molar-refractivity contribution in [2.75, 3.05) is 37.9 Å². The number of hydrogen-bond donors (Lipinski definition) is 0. The van der Waals surface area contributed by atoms with E-state index in [1.165, 1.54) is 23.5 Å². The quantitative estimate of drug-likeness (QED) is 0.739. The van der Waals surface area contributed by atoms with Gasteiger partial charge in [-0.15, -0.1) is 23.5 Å². The van der Waals surface area contributed by atoms with E-state index in [0.717, 1.165) is 31.6 Å². The summed E-state index contributed by atoms with van der Waals surface area (Å²) in [6, 6.07) is 8.23. The van der Waals surface area contributed by atoms with Crippen LogP contribution in [0.2, 0.25) is 0 Å². The highest BCUT2D eigenvalue weighted by Crippen LogP contribution is 2.43. The second kappa shape index (κ2) is 9.54. The maximum atomic E-state index is 12.7. The Morgan fingerprint density at radius 2 is 1.81 bits per heavy atom. The minimum Gasteiger partial charge on any atom is -0.484 e. The second-order valence-corrected chi connectivity index (χ2v) is 9.77. The van der Waals surface area contributed by atoms with Crippen molar-refractivity contribution >= 4 is 29.4 Å². The van der Waals surface area contributed by atoms with Crippen molar-refractivity contribution in [3.05, 3.63) is 29.8 Å². The molecule has 3 heterocycles. The summed E-state index contributed by atoms with van der Waals surface area (Å²) < 4.78 is 17.6.